The molecule has 0 amide bonds. The van der Waals surface area contributed by atoms with Crippen LogP contribution in [0.15, 0.2) is 30.5 Å². The Kier molecular flexibility index (Phi) is 4.49. The molecule has 4 heteroatoms. The molecule has 0 bridgehead atoms. The fourth-order valence-electron chi connectivity index (χ4n) is 2.12. The normalized spacial score (nSPS) is 14.4. The molecule has 4 nitrogen and oxygen atoms in total. The molecular formula is C19H23N3O. The van der Waals surface area contributed by atoms with Crippen LogP contribution in [0.4, 0.5) is 0 Å². The van der Waals surface area contributed by atoms with Gasteiger partial charge in [0.15, 0.2) is 0 Å². The summed E-state index contributed by atoms with van der Waals surface area (Å²) >= 11 is 0. The minimum Gasteiger partial charge on any atom is -0.374 e. The molecule has 120 valence electrons. The molecule has 0 atom stereocenters. The Morgan fingerprint density at radius 1 is 1.22 bits per heavy atom. The highest BCUT2D eigenvalue weighted by molar-refractivity contribution is 5.59. The second-order valence-corrected chi connectivity index (χ2v) is 6.95. The Balaban J connectivity index is 1.60. The average molecular weight is 309 g/mol. The number of nitrogens with zero attached hydrogens (tertiary/aromatic N) is 3. The molecule has 2 aromatic rings. The molecule has 0 aliphatic heterocycles. The lowest BCUT2D eigenvalue weighted by Crippen LogP contribution is -2.22. The summed E-state index contributed by atoms with van der Waals surface area (Å²) < 4.78 is 7.53. The van der Waals surface area contributed by atoms with E-state index in [1.165, 1.54) is 12.8 Å². The molecule has 1 aliphatic rings. The summed E-state index contributed by atoms with van der Waals surface area (Å²) in [5.74, 6) is 7.13. The van der Waals surface area contributed by atoms with Gasteiger partial charge in [0.2, 0.25) is 0 Å². The topological polar surface area (TPSA) is 39.9 Å². The van der Waals surface area contributed by atoms with Gasteiger partial charge >= 0.3 is 0 Å². The van der Waals surface area contributed by atoms with Gasteiger partial charge in [-0.1, -0.05) is 29.2 Å². The van der Waals surface area contributed by atoms with E-state index in [-0.39, 0.29) is 5.60 Å². The number of rotatable bonds is 4. The van der Waals surface area contributed by atoms with E-state index in [9.17, 15) is 0 Å². The Morgan fingerprint density at radius 2 is 1.96 bits per heavy atom. The van der Waals surface area contributed by atoms with E-state index >= 15 is 0 Å². The highest BCUT2D eigenvalue weighted by Gasteiger charge is 2.17. The van der Waals surface area contributed by atoms with Crippen molar-refractivity contribution in [2.75, 3.05) is 6.61 Å². The van der Waals surface area contributed by atoms with Crippen molar-refractivity contribution in [2.24, 2.45) is 5.92 Å². The molecule has 0 unspecified atom stereocenters. The lowest BCUT2D eigenvalue weighted by molar-refractivity contribution is -0.00805. The third kappa shape index (κ3) is 4.94. The molecule has 0 spiro atoms. The maximum absolute atomic E-state index is 5.71. The Labute approximate surface area is 137 Å². The summed E-state index contributed by atoms with van der Waals surface area (Å²) in [7, 11) is 0. The summed E-state index contributed by atoms with van der Waals surface area (Å²) in [6.07, 6.45) is 4.47. The van der Waals surface area contributed by atoms with Crippen LogP contribution in [0.1, 0.15) is 39.2 Å². The summed E-state index contributed by atoms with van der Waals surface area (Å²) in [6, 6.07) is 8.20. The summed E-state index contributed by atoms with van der Waals surface area (Å²) in [5, 5.41) is 8.40. The van der Waals surface area contributed by atoms with Crippen LogP contribution in [0.5, 0.6) is 0 Å². The van der Waals surface area contributed by atoms with Gasteiger partial charge in [0.1, 0.15) is 5.69 Å². The first kappa shape index (κ1) is 15.8. The van der Waals surface area contributed by atoms with E-state index in [1.54, 1.807) is 0 Å². The van der Waals surface area contributed by atoms with Crippen molar-refractivity contribution in [3.05, 3.63) is 36.0 Å². The maximum Gasteiger partial charge on any atom is 0.113 e. The van der Waals surface area contributed by atoms with Crippen molar-refractivity contribution in [2.45, 2.75) is 45.8 Å². The van der Waals surface area contributed by atoms with E-state index in [0.29, 0.717) is 19.1 Å². The zero-order chi connectivity index (χ0) is 16.3. The summed E-state index contributed by atoms with van der Waals surface area (Å²) in [4.78, 5) is 0. The standard InChI is InChI=1S/C19H23N3O/c1-19(2,3)23-13-12-22-14-18(20-21-22)17-10-8-16(9-11-17)7-6-15-4-5-15/h8-11,14-15H,4-5,12-13H2,1-3H3. The van der Waals surface area contributed by atoms with Crippen molar-refractivity contribution in [3.8, 4) is 23.1 Å². The third-order valence-electron chi connectivity index (χ3n) is 3.57. The second kappa shape index (κ2) is 6.55. The molecular weight excluding hydrogens is 286 g/mol. The fourth-order valence-corrected chi connectivity index (χ4v) is 2.12. The fraction of sp³-hybridized carbons (Fsp3) is 0.474. The maximum atomic E-state index is 5.71. The van der Waals surface area contributed by atoms with Gasteiger partial charge in [-0.2, -0.15) is 0 Å². The number of aromatic nitrogens is 3. The zero-order valence-electron chi connectivity index (χ0n) is 14.0. The average Bonchev–Trinajstić information content (AvgIpc) is 3.22. The lowest BCUT2D eigenvalue weighted by atomic mass is 10.1. The van der Waals surface area contributed by atoms with Gasteiger partial charge in [-0.15, -0.1) is 5.10 Å². The molecule has 23 heavy (non-hydrogen) atoms. The highest BCUT2D eigenvalue weighted by atomic mass is 16.5. The van der Waals surface area contributed by atoms with Crippen LogP contribution in [-0.2, 0) is 11.3 Å². The van der Waals surface area contributed by atoms with Crippen LogP contribution in [-0.4, -0.2) is 27.2 Å². The lowest BCUT2D eigenvalue weighted by Gasteiger charge is -2.19. The molecule has 0 saturated heterocycles. The quantitative estimate of drug-likeness (QED) is 0.811. The van der Waals surface area contributed by atoms with Crippen molar-refractivity contribution < 1.29 is 4.74 Å². The molecule has 0 radical (unpaired) electrons. The van der Waals surface area contributed by atoms with Crippen LogP contribution >= 0.6 is 0 Å². The first-order chi connectivity index (χ1) is 11.0. The van der Waals surface area contributed by atoms with Crippen LogP contribution in [0, 0.1) is 17.8 Å². The Bertz CT molecular complexity index is 710. The van der Waals surface area contributed by atoms with Crippen molar-refractivity contribution >= 4 is 0 Å². The predicted molar refractivity (Wildman–Crippen MR) is 90.8 cm³/mol. The van der Waals surface area contributed by atoms with Crippen LogP contribution in [0.2, 0.25) is 0 Å². The molecule has 1 saturated carbocycles. The van der Waals surface area contributed by atoms with Crippen molar-refractivity contribution in [1.82, 2.24) is 15.0 Å². The first-order valence-electron chi connectivity index (χ1n) is 8.16. The zero-order valence-corrected chi connectivity index (χ0v) is 14.0. The van der Waals surface area contributed by atoms with Gasteiger partial charge in [0, 0.05) is 17.0 Å². The van der Waals surface area contributed by atoms with Crippen LogP contribution in [0.3, 0.4) is 0 Å². The molecule has 1 aliphatic carbocycles. The van der Waals surface area contributed by atoms with Gasteiger partial charge in [-0.05, 0) is 45.7 Å². The van der Waals surface area contributed by atoms with Crippen molar-refractivity contribution in [1.29, 1.82) is 0 Å². The van der Waals surface area contributed by atoms with Crippen LogP contribution < -0.4 is 0 Å². The Hall–Kier alpha value is -2.12. The first-order valence-corrected chi connectivity index (χ1v) is 8.16. The van der Waals surface area contributed by atoms with Gasteiger partial charge in [-0.3, -0.25) is 0 Å². The Morgan fingerprint density at radius 3 is 2.61 bits per heavy atom. The minimum atomic E-state index is -0.124. The van der Waals surface area contributed by atoms with E-state index in [2.05, 4.69) is 34.3 Å². The molecule has 1 aromatic carbocycles. The van der Waals surface area contributed by atoms with Crippen LogP contribution in [0.25, 0.3) is 11.3 Å². The monoisotopic (exact) mass is 309 g/mol. The molecule has 0 N–H and O–H groups in total. The van der Waals surface area contributed by atoms with E-state index in [4.69, 9.17) is 4.74 Å². The number of hydrogen-bond donors (Lipinski definition) is 0. The SMILES string of the molecule is CC(C)(C)OCCn1cc(-c2ccc(C#CC3CC3)cc2)nn1. The predicted octanol–water partition coefficient (Wildman–Crippen LogP) is 3.52. The molecule has 1 fully saturated rings. The second-order valence-electron chi connectivity index (χ2n) is 6.95. The number of hydrogen-bond acceptors (Lipinski definition) is 3. The van der Waals surface area contributed by atoms with Gasteiger partial charge < -0.3 is 4.74 Å². The number of ether oxygens (including phenoxy) is 1. The van der Waals surface area contributed by atoms with E-state index in [0.717, 1.165) is 16.8 Å². The largest absolute Gasteiger partial charge is 0.374 e. The van der Waals surface area contributed by atoms with Gasteiger partial charge in [-0.25, -0.2) is 4.68 Å². The van der Waals surface area contributed by atoms with Gasteiger partial charge in [0.25, 0.3) is 0 Å². The summed E-state index contributed by atoms with van der Waals surface area (Å²) in [5.41, 5.74) is 2.87. The van der Waals surface area contributed by atoms with E-state index < -0.39 is 0 Å². The smallest absolute Gasteiger partial charge is 0.113 e. The number of benzene rings is 1. The molecule has 3 rings (SSSR count). The summed E-state index contributed by atoms with van der Waals surface area (Å²) in [6.45, 7) is 7.48. The van der Waals surface area contributed by atoms with Crippen molar-refractivity contribution in [3.63, 3.8) is 0 Å². The minimum absolute atomic E-state index is 0.124. The van der Waals surface area contributed by atoms with E-state index in [1.807, 2.05) is 43.8 Å². The third-order valence-corrected chi connectivity index (χ3v) is 3.57. The highest BCUT2D eigenvalue weighted by Crippen LogP contribution is 2.27. The van der Waals surface area contributed by atoms with Gasteiger partial charge in [0.05, 0.1) is 24.9 Å². The molecule has 1 heterocycles. The molecule has 1 aromatic heterocycles.